The van der Waals surface area contributed by atoms with Crippen LogP contribution in [0.25, 0.3) is 0 Å². The van der Waals surface area contributed by atoms with Gasteiger partial charge < -0.3 is 10.1 Å². The predicted molar refractivity (Wildman–Crippen MR) is 55.9 cm³/mol. The molecule has 0 aromatic rings. The van der Waals surface area contributed by atoms with Gasteiger partial charge in [-0.15, -0.1) is 0 Å². The average molecular weight is 185 g/mol. The van der Waals surface area contributed by atoms with E-state index in [1.807, 2.05) is 0 Å². The Kier molecular flexibility index (Phi) is 6.21. The van der Waals surface area contributed by atoms with Crippen molar-refractivity contribution in [3.8, 4) is 0 Å². The maximum absolute atomic E-state index is 4.97. The molecule has 0 aromatic carbocycles. The monoisotopic (exact) mass is 185 g/mol. The van der Waals surface area contributed by atoms with Crippen molar-refractivity contribution in [2.24, 2.45) is 5.92 Å². The highest BCUT2D eigenvalue weighted by Crippen LogP contribution is 2.33. The molecule has 0 bridgehead atoms. The number of nitrogens with one attached hydrogen (secondary N) is 1. The van der Waals surface area contributed by atoms with Crippen LogP contribution in [0.15, 0.2) is 0 Å². The Bertz CT molecular complexity index is 113. The number of methoxy groups -OCH3 is 1. The van der Waals surface area contributed by atoms with Crippen LogP contribution in [0, 0.1) is 5.92 Å². The molecule has 0 spiro atoms. The van der Waals surface area contributed by atoms with E-state index in [1.54, 1.807) is 7.11 Å². The van der Waals surface area contributed by atoms with Crippen molar-refractivity contribution in [1.82, 2.24) is 5.32 Å². The van der Waals surface area contributed by atoms with Crippen LogP contribution in [0.2, 0.25) is 0 Å². The van der Waals surface area contributed by atoms with E-state index in [-0.39, 0.29) is 0 Å². The summed E-state index contributed by atoms with van der Waals surface area (Å²) in [6.45, 7) is 3.18. The van der Waals surface area contributed by atoms with Crippen LogP contribution in [0.1, 0.15) is 38.5 Å². The van der Waals surface area contributed by atoms with Crippen LogP contribution in [-0.4, -0.2) is 26.8 Å². The van der Waals surface area contributed by atoms with E-state index >= 15 is 0 Å². The highest BCUT2D eigenvalue weighted by molar-refractivity contribution is 4.72. The Morgan fingerprint density at radius 3 is 2.62 bits per heavy atom. The van der Waals surface area contributed by atoms with Gasteiger partial charge in [-0.25, -0.2) is 0 Å². The molecule has 1 fully saturated rings. The minimum absolute atomic E-state index is 0.884. The summed E-state index contributed by atoms with van der Waals surface area (Å²) in [5.41, 5.74) is 0. The third kappa shape index (κ3) is 7.03. The molecule has 1 saturated carbocycles. The first-order valence-corrected chi connectivity index (χ1v) is 5.63. The molecule has 0 radical (unpaired) electrons. The molecule has 13 heavy (non-hydrogen) atoms. The van der Waals surface area contributed by atoms with Crippen molar-refractivity contribution in [1.29, 1.82) is 0 Å². The summed E-state index contributed by atoms with van der Waals surface area (Å²) < 4.78 is 4.97. The molecule has 78 valence electrons. The van der Waals surface area contributed by atoms with Crippen molar-refractivity contribution in [3.63, 3.8) is 0 Å². The van der Waals surface area contributed by atoms with E-state index < -0.39 is 0 Å². The molecule has 0 unspecified atom stereocenters. The van der Waals surface area contributed by atoms with Gasteiger partial charge in [0.15, 0.2) is 0 Å². The predicted octanol–water partition coefficient (Wildman–Crippen LogP) is 2.19. The zero-order valence-corrected chi connectivity index (χ0v) is 8.85. The van der Waals surface area contributed by atoms with Gasteiger partial charge in [0.1, 0.15) is 0 Å². The summed E-state index contributed by atoms with van der Waals surface area (Å²) in [7, 11) is 1.76. The van der Waals surface area contributed by atoms with Crippen LogP contribution in [0.4, 0.5) is 0 Å². The molecule has 1 aliphatic rings. The number of unbranched alkanes of at least 4 members (excludes halogenated alkanes) is 1. The van der Waals surface area contributed by atoms with Crippen molar-refractivity contribution in [2.45, 2.75) is 38.5 Å². The third-order valence-electron chi connectivity index (χ3n) is 2.61. The van der Waals surface area contributed by atoms with Crippen molar-refractivity contribution < 1.29 is 4.74 Å². The van der Waals surface area contributed by atoms with E-state index in [1.165, 1.54) is 38.6 Å². The third-order valence-corrected chi connectivity index (χ3v) is 2.61. The normalized spacial score (nSPS) is 16.4. The molecule has 0 aromatic heterocycles. The van der Waals surface area contributed by atoms with E-state index in [4.69, 9.17) is 4.74 Å². The largest absolute Gasteiger partial charge is 0.385 e. The van der Waals surface area contributed by atoms with Crippen LogP contribution in [0.5, 0.6) is 0 Å². The van der Waals surface area contributed by atoms with Crippen LogP contribution < -0.4 is 5.32 Å². The lowest BCUT2D eigenvalue weighted by Gasteiger charge is -2.03. The Balaban J connectivity index is 1.63. The van der Waals surface area contributed by atoms with Gasteiger partial charge in [-0.2, -0.15) is 0 Å². The second-order valence-electron chi connectivity index (χ2n) is 4.04. The zero-order chi connectivity index (χ0) is 9.36. The molecule has 0 atom stereocenters. The number of hydrogen-bond acceptors (Lipinski definition) is 2. The highest BCUT2D eigenvalue weighted by atomic mass is 16.5. The molecule has 1 aliphatic carbocycles. The lowest BCUT2D eigenvalue weighted by molar-refractivity contribution is 0.194. The number of rotatable bonds is 9. The molecular weight excluding hydrogens is 162 g/mol. The SMILES string of the molecule is COCCCNCCCCC1CC1. The van der Waals surface area contributed by atoms with Gasteiger partial charge >= 0.3 is 0 Å². The maximum atomic E-state index is 4.97. The Labute approximate surface area is 82.0 Å². The number of hydrogen-bond donors (Lipinski definition) is 1. The minimum atomic E-state index is 0.884. The summed E-state index contributed by atoms with van der Waals surface area (Å²) in [6, 6.07) is 0. The summed E-state index contributed by atoms with van der Waals surface area (Å²) in [5.74, 6) is 1.11. The smallest absolute Gasteiger partial charge is 0.0474 e. The highest BCUT2D eigenvalue weighted by Gasteiger charge is 2.19. The lowest BCUT2D eigenvalue weighted by Crippen LogP contribution is -2.17. The molecule has 0 aliphatic heterocycles. The summed E-state index contributed by atoms with van der Waals surface area (Å²) in [4.78, 5) is 0. The van der Waals surface area contributed by atoms with Crippen molar-refractivity contribution in [2.75, 3.05) is 26.8 Å². The lowest BCUT2D eigenvalue weighted by atomic mass is 10.2. The summed E-state index contributed by atoms with van der Waals surface area (Å²) in [5, 5.41) is 3.43. The fourth-order valence-electron chi connectivity index (χ4n) is 1.56. The topological polar surface area (TPSA) is 21.3 Å². The minimum Gasteiger partial charge on any atom is -0.385 e. The van der Waals surface area contributed by atoms with Gasteiger partial charge in [-0.3, -0.25) is 0 Å². The molecule has 0 saturated heterocycles. The number of ether oxygens (including phenoxy) is 1. The molecule has 0 heterocycles. The fraction of sp³-hybridized carbons (Fsp3) is 1.00. The Hall–Kier alpha value is -0.0800. The van der Waals surface area contributed by atoms with Gasteiger partial charge in [-0.05, 0) is 31.8 Å². The van der Waals surface area contributed by atoms with Crippen LogP contribution in [0.3, 0.4) is 0 Å². The molecule has 2 heteroatoms. The van der Waals surface area contributed by atoms with E-state index in [0.29, 0.717) is 0 Å². The average Bonchev–Trinajstić information content (AvgIpc) is 2.93. The first-order chi connectivity index (χ1) is 6.43. The van der Waals surface area contributed by atoms with E-state index in [0.717, 1.165) is 25.5 Å². The molecule has 2 nitrogen and oxygen atoms in total. The second-order valence-corrected chi connectivity index (χ2v) is 4.04. The van der Waals surface area contributed by atoms with Gasteiger partial charge in [0, 0.05) is 13.7 Å². The standard InChI is InChI=1S/C11H23NO/c1-13-10-4-9-12-8-3-2-5-11-6-7-11/h11-12H,2-10H2,1H3. The van der Waals surface area contributed by atoms with E-state index in [9.17, 15) is 0 Å². The maximum Gasteiger partial charge on any atom is 0.0474 e. The van der Waals surface area contributed by atoms with E-state index in [2.05, 4.69) is 5.32 Å². The van der Waals surface area contributed by atoms with Gasteiger partial charge in [-0.1, -0.05) is 25.7 Å². The summed E-state index contributed by atoms with van der Waals surface area (Å²) in [6.07, 6.45) is 8.38. The fourth-order valence-corrected chi connectivity index (χ4v) is 1.56. The van der Waals surface area contributed by atoms with Crippen molar-refractivity contribution in [3.05, 3.63) is 0 Å². The molecule has 1 N–H and O–H groups in total. The van der Waals surface area contributed by atoms with Gasteiger partial charge in [0.2, 0.25) is 0 Å². The zero-order valence-electron chi connectivity index (χ0n) is 8.85. The first-order valence-electron chi connectivity index (χ1n) is 5.63. The van der Waals surface area contributed by atoms with Gasteiger partial charge in [0.05, 0.1) is 0 Å². The van der Waals surface area contributed by atoms with Crippen LogP contribution >= 0.6 is 0 Å². The Morgan fingerprint density at radius 2 is 1.92 bits per heavy atom. The second kappa shape index (κ2) is 7.34. The molecule has 1 rings (SSSR count). The molecule has 0 amide bonds. The van der Waals surface area contributed by atoms with Crippen LogP contribution in [-0.2, 0) is 4.74 Å². The van der Waals surface area contributed by atoms with Crippen molar-refractivity contribution >= 4 is 0 Å². The van der Waals surface area contributed by atoms with Gasteiger partial charge in [0.25, 0.3) is 0 Å². The quantitative estimate of drug-likeness (QED) is 0.556. The molecular formula is C11H23NO. The first kappa shape index (κ1) is 11.0. The Morgan fingerprint density at radius 1 is 1.15 bits per heavy atom. The summed E-state index contributed by atoms with van der Waals surface area (Å²) >= 11 is 0.